The zero-order chi connectivity index (χ0) is 27.5. The van der Waals surface area contributed by atoms with Gasteiger partial charge in [0, 0.05) is 18.5 Å². The normalized spacial score (nSPS) is 14.9. The van der Waals surface area contributed by atoms with Gasteiger partial charge < -0.3 is 10.1 Å². The van der Waals surface area contributed by atoms with Gasteiger partial charge in [-0.25, -0.2) is 22.6 Å². The van der Waals surface area contributed by atoms with Gasteiger partial charge in [-0.05, 0) is 43.2 Å². The maximum atomic E-state index is 13.2. The van der Waals surface area contributed by atoms with E-state index in [-0.39, 0.29) is 27.1 Å². The third kappa shape index (κ3) is 6.22. The highest BCUT2D eigenvalue weighted by molar-refractivity contribution is 7.89. The molecule has 0 unspecified atom stereocenters. The lowest BCUT2D eigenvalue weighted by Crippen LogP contribution is -2.38. The molecule has 37 heavy (non-hydrogen) atoms. The van der Waals surface area contributed by atoms with Crippen molar-refractivity contribution < 1.29 is 31.5 Å². The number of benzene rings is 2. The third-order valence-corrected chi connectivity index (χ3v) is 8.24. The smallest absolute Gasteiger partial charge is 0.475 e. The number of carboxylic acids is 1. The van der Waals surface area contributed by atoms with Crippen LogP contribution in [0.2, 0.25) is 5.02 Å². The minimum absolute atomic E-state index is 0.0358. The summed E-state index contributed by atoms with van der Waals surface area (Å²) < 4.78 is 60.8. The van der Waals surface area contributed by atoms with Crippen molar-refractivity contribution in [1.29, 1.82) is 5.41 Å². The number of para-hydroxylation sites is 1. The molecular formula is C23H24ClF3N4O5S. The highest BCUT2D eigenvalue weighted by Crippen LogP contribution is 2.29. The van der Waals surface area contributed by atoms with Crippen molar-refractivity contribution in [3.05, 3.63) is 63.5 Å². The standard InChI is InChI=1S/C21H23ClN4O3S.C2HF3O2/c1-25(14-7-3-2-4-8-14)30(28,29)15-11-12-17(22)19(13-15)26-20(23)16-9-5-6-10-18(16)24-21(26)27;3-2(4,5)1(6)7/h5-6,9-14,23H,2-4,7-8H2,1H3,(H,24,27);(H,6,7). The molecule has 0 bridgehead atoms. The van der Waals surface area contributed by atoms with Crippen molar-refractivity contribution in [2.45, 2.75) is 49.2 Å². The fourth-order valence-electron chi connectivity index (χ4n) is 4.05. The van der Waals surface area contributed by atoms with Crippen LogP contribution in [0.1, 0.15) is 32.1 Å². The summed E-state index contributed by atoms with van der Waals surface area (Å²) in [5, 5.41) is 16.4. The van der Waals surface area contributed by atoms with Crippen molar-refractivity contribution in [1.82, 2.24) is 13.9 Å². The van der Waals surface area contributed by atoms with Gasteiger partial charge in [0.2, 0.25) is 10.0 Å². The summed E-state index contributed by atoms with van der Waals surface area (Å²) in [6.45, 7) is 0. The Kier molecular flexibility index (Phi) is 8.50. The van der Waals surface area contributed by atoms with Gasteiger partial charge in [0.15, 0.2) is 0 Å². The van der Waals surface area contributed by atoms with Crippen LogP contribution in [-0.4, -0.2) is 52.6 Å². The Morgan fingerprint density at radius 2 is 1.76 bits per heavy atom. The summed E-state index contributed by atoms with van der Waals surface area (Å²) >= 11 is 6.34. The minimum atomic E-state index is -5.08. The Morgan fingerprint density at radius 3 is 2.35 bits per heavy atom. The number of alkyl halides is 3. The largest absolute Gasteiger partial charge is 0.490 e. The number of hydrogen-bond acceptors (Lipinski definition) is 5. The van der Waals surface area contributed by atoms with E-state index in [0.717, 1.165) is 36.7 Å². The molecule has 9 nitrogen and oxygen atoms in total. The average Bonchev–Trinajstić information content (AvgIpc) is 2.85. The number of carbonyl (C=O) groups is 1. The summed E-state index contributed by atoms with van der Waals surface area (Å²) in [5.74, 6) is -2.76. The molecule has 0 saturated heterocycles. The van der Waals surface area contributed by atoms with E-state index in [1.807, 2.05) is 0 Å². The van der Waals surface area contributed by atoms with E-state index in [1.165, 1.54) is 22.5 Å². The molecule has 3 N–H and O–H groups in total. The number of H-pyrrole nitrogens is 1. The number of nitrogens with zero attached hydrogens (tertiary/aromatic N) is 2. The Hall–Kier alpha value is -3.16. The van der Waals surface area contributed by atoms with Crippen LogP contribution in [0.3, 0.4) is 0 Å². The summed E-state index contributed by atoms with van der Waals surface area (Å²) in [6, 6.07) is 11.2. The van der Waals surface area contributed by atoms with E-state index in [2.05, 4.69) is 4.98 Å². The molecule has 0 radical (unpaired) electrons. The van der Waals surface area contributed by atoms with Crippen molar-refractivity contribution in [2.24, 2.45) is 0 Å². The number of rotatable bonds is 4. The quantitative estimate of drug-likeness (QED) is 0.442. The number of hydrogen-bond donors (Lipinski definition) is 3. The number of carboxylic acid groups (broad SMARTS) is 1. The molecule has 3 aromatic rings. The predicted octanol–water partition coefficient (Wildman–Crippen LogP) is 4.04. The zero-order valence-electron chi connectivity index (χ0n) is 19.5. The summed E-state index contributed by atoms with van der Waals surface area (Å²) in [5.41, 5.74) is 0.0645. The van der Waals surface area contributed by atoms with Crippen molar-refractivity contribution in [3.8, 4) is 5.69 Å². The number of halogens is 4. The molecule has 0 spiro atoms. The van der Waals surface area contributed by atoms with Gasteiger partial charge in [-0.15, -0.1) is 0 Å². The Morgan fingerprint density at radius 1 is 1.16 bits per heavy atom. The first-order valence-corrected chi connectivity index (χ1v) is 12.9. The maximum Gasteiger partial charge on any atom is 0.490 e. The molecule has 4 rings (SSSR count). The van der Waals surface area contributed by atoms with Crippen LogP contribution in [0.5, 0.6) is 0 Å². The number of aromatic nitrogens is 2. The molecule has 1 aliphatic carbocycles. The van der Waals surface area contributed by atoms with Gasteiger partial charge in [0.1, 0.15) is 5.49 Å². The van der Waals surface area contributed by atoms with Crippen LogP contribution >= 0.6 is 11.6 Å². The van der Waals surface area contributed by atoms with Crippen LogP contribution in [0.15, 0.2) is 52.2 Å². The molecule has 0 atom stereocenters. The van der Waals surface area contributed by atoms with Gasteiger partial charge in [0.05, 0.1) is 21.1 Å². The first kappa shape index (κ1) is 28.4. The van der Waals surface area contributed by atoms with Crippen LogP contribution in [0, 0.1) is 5.41 Å². The van der Waals surface area contributed by atoms with Crippen LogP contribution in [0.4, 0.5) is 13.2 Å². The van der Waals surface area contributed by atoms with E-state index in [4.69, 9.17) is 26.9 Å². The number of nitrogens with one attached hydrogen (secondary N) is 2. The molecule has 1 heterocycles. The van der Waals surface area contributed by atoms with Gasteiger partial charge in [-0.1, -0.05) is 43.0 Å². The number of aromatic amines is 1. The third-order valence-electron chi connectivity index (χ3n) is 6.02. The summed E-state index contributed by atoms with van der Waals surface area (Å²) in [6.07, 6.45) is -0.247. The monoisotopic (exact) mass is 560 g/mol. The fourth-order valence-corrected chi connectivity index (χ4v) is 5.69. The fraction of sp³-hybridized carbons (Fsp3) is 0.348. The Balaban J connectivity index is 0.000000479. The summed E-state index contributed by atoms with van der Waals surface area (Å²) in [7, 11) is -2.16. The molecule has 1 aromatic heterocycles. The SMILES string of the molecule is CN(C1CCCCC1)S(=O)(=O)c1ccc(Cl)c(-n2c(=O)[nH]c3ccccc3c2=N)c1.O=C(O)C(F)(F)F. The molecule has 1 fully saturated rings. The molecule has 2 aromatic carbocycles. The van der Waals surface area contributed by atoms with E-state index >= 15 is 0 Å². The van der Waals surface area contributed by atoms with Crippen LogP contribution in [-0.2, 0) is 14.8 Å². The molecular weight excluding hydrogens is 537 g/mol. The maximum absolute atomic E-state index is 13.2. The summed E-state index contributed by atoms with van der Waals surface area (Å²) in [4.78, 5) is 24.4. The first-order valence-electron chi connectivity index (χ1n) is 11.1. The first-order chi connectivity index (χ1) is 17.2. The highest BCUT2D eigenvalue weighted by atomic mass is 35.5. The van der Waals surface area contributed by atoms with Gasteiger partial charge in [-0.2, -0.15) is 17.5 Å². The second kappa shape index (κ2) is 11.1. The van der Waals surface area contributed by atoms with Gasteiger partial charge in [0.25, 0.3) is 0 Å². The Labute approximate surface area is 214 Å². The lowest BCUT2D eigenvalue weighted by molar-refractivity contribution is -0.192. The van der Waals surface area contributed by atoms with E-state index in [9.17, 15) is 26.4 Å². The highest BCUT2D eigenvalue weighted by Gasteiger charge is 2.38. The van der Waals surface area contributed by atoms with Gasteiger partial charge in [-0.3, -0.25) is 5.41 Å². The van der Waals surface area contributed by atoms with Crippen molar-refractivity contribution >= 4 is 38.5 Å². The van der Waals surface area contributed by atoms with Crippen LogP contribution < -0.4 is 11.2 Å². The number of sulfonamides is 1. The van der Waals surface area contributed by atoms with E-state index < -0.39 is 27.9 Å². The van der Waals surface area contributed by atoms with E-state index in [0.29, 0.717) is 10.9 Å². The molecule has 1 aliphatic rings. The molecule has 1 saturated carbocycles. The molecule has 0 amide bonds. The number of fused-ring (bicyclic) bond motifs is 1. The lowest BCUT2D eigenvalue weighted by atomic mass is 9.96. The topological polar surface area (TPSA) is 136 Å². The van der Waals surface area contributed by atoms with Crippen molar-refractivity contribution in [2.75, 3.05) is 7.05 Å². The minimum Gasteiger partial charge on any atom is -0.475 e. The predicted molar refractivity (Wildman–Crippen MR) is 130 cm³/mol. The van der Waals surface area contributed by atoms with Crippen molar-refractivity contribution in [3.63, 3.8) is 0 Å². The Bertz CT molecular complexity index is 1530. The van der Waals surface area contributed by atoms with E-state index in [1.54, 1.807) is 31.3 Å². The molecule has 200 valence electrons. The van der Waals surface area contributed by atoms with Gasteiger partial charge >= 0.3 is 17.8 Å². The average molecular weight is 561 g/mol. The van der Waals surface area contributed by atoms with Crippen LogP contribution in [0.25, 0.3) is 16.6 Å². The molecule has 14 heteroatoms. The number of aliphatic carboxylic acids is 1. The zero-order valence-corrected chi connectivity index (χ0v) is 21.1. The second-order valence-electron chi connectivity index (χ2n) is 8.39. The molecule has 0 aliphatic heterocycles. The lowest BCUT2D eigenvalue weighted by Gasteiger charge is -2.30. The second-order valence-corrected chi connectivity index (χ2v) is 10.8.